The number of amides is 2. The normalized spacial score (nSPS) is 11.0. The topological polar surface area (TPSA) is 137 Å². The monoisotopic (exact) mass is 416 g/mol. The minimum atomic E-state index is -0.617. The van der Waals surface area contributed by atoms with E-state index in [-0.39, 0.29) is 11.7 Å². The molecule has 10 heteroatoms. The van der Waals surface area contributed by atoms with Crippen LogP contribution < -0.4 is 10.9 Å². The number of hydrogen-bond acceptors (Lipinski definition) is 6. The Labute approximate surface area is 179 Å². The van der Waals surface area contributed by atoms with Gasteiger partial charge in [0.1, 0.15) is 6.42 Å². The maximum absolute atomic E-state index is 12.3. The van der Waals surface area contributed by atoms with Gasteiger partial charge in [0.05, 0.1) is 0 Å². The second-order valence-electron chi connectivity index (χ2n) is 6.17. The number of hydrazine groups is 2. The number of nitriles is 2. The third-order valence-electron chi connectivity index (χ3n) is 3.92. The van der Waals surface area contributed by atoms with Gasteiger partial charge in [0.2, 0.25) is 24.2 Å². The van der Waals surface area contributed by atoms with Crippen molar-refractivity contribution in [3.63, 3.8) is 0 Å². The Morgan fingerprint density at radius 1 is 0.774 bits per heavy atom. The summed E-state index contributed by atoms with van der Waals surface area (Å²) in [6.07, 6.45) is 2.89. The van der Waals surface area contributed by atoms with Gasteiger partial charge in [-0.05, 0) is 0 Å². The molecule has 2 rings (SSSR count). The van der Waals surface area contributed by atoms with Crippen LogP contribution in [0, 0.1) is 22.9 Å². The van der Waals surface area contributed by atoms with E-state index in [9.17, 15) is 9.59 Å². The Morgan fingerprint density at radius 3 is 1.45 bits per heavy atom. The van der Waals surface area contributed by atoms with Crippen LogP contribution in [0.4, 0.5) is 0 Å². The van der Waals surface area contributed by atoms with Crippen LogP contribution >= 0.6 is 0 Å². The van der Waals surface area contributed by atoms with Crippen molar-refractivity contribution in [2.75, 3.05) is 14.1 Å². The van der Waals surface area contributed by atoms with Crippen molar-refractivity contribution >= 4 is 23.5 Å². The third kappa shape index (κ3) is 6.69. The second kappa shape index (κ2) is 11.3. The molecule has 0 saturated heterocycles. The highest BCUT2D eigenvalue weighted by Crippen LogP contribution is 2.05. The summed E-state index contributed by atoms with van der Waals surface area (Å²) in [5, 5.41) is 20.4. The number of nitrogens with one attached hydrogen (secondary N) is 2. The highest BCUT2D eigenvalue weighted by Gasteiger charge is 2.18. The molecule has 0 saturated carbocycles. The molecule has 156 valence electrons. The van der Waals surface area contributed by atoms with Gasteiger partial charge in [-0.3, -0.25) is 30.5 Å². The van der Waals surface area contributed by atoms with Crippen LogP contribution in [-0.4, -0.2) is 47.6 Å². The molecule has 31 heavy (non-hydrogen) atoms. The lowest BCUT2D eigenvalue weighted by Crippen LogP contribution is -2.48. The molecule has 0 atom stereocenters. The Morgan fingerprint density at radius 2 is 1.13 bits per heavy atom. The SMILES string of the molecule is CN(NC(=O)CC(=O)NN(C)/C(=N/C#N)c1ccccc1)/C(=N/C#N)c1ccccc1. The summed E-state index contributed by atoms with van der Waals surface area (Å²) in [4.78, 5) is 32.1. The van der Waals surface area contributed by atoms with Crippen molar-refractivity contribution in [1.82, 2.24) is 20.9 Å². The van der Waals surface area contributed by atoms with Crippen LogP contribution in [0.5, 0.6) is 0 Å². The fourth-order valence-corrected chi connectivity index (χ4v) is 2.64. The molecule has 0 fully saturated rings. The van der Waals surface area contributed by atoms with E-state index in [2.05, 4.69) is 20.8 Å². The molecule has 0 aliphatic carbocycles. The summed E-state index contributed by atoms with van der Waals surface area (Å²) in [6.45, 7) is 0. The van der Waals surface area contributed by atoms with Crippen molar-refractivity contribution in [3.8, 4) is 12.4 Å². The number of hydrogen-bond donors (Lipinski definition) is 2. The largest absolute Gasteiger partial charge is 0.273 e. The fourth-order valence-electron chi connectivity index (χ4n) is 2.64. The lowest BCUT2D eigenvalue weighted by Gasteiger charge is -2.23. The number of amidine groups is 2. The van der Waals surface area contributed by atoms with Gasteiger partial charge < -0.3 is 0 Å². The zero-order valence-electron chi connectivity index (χ0n) is 17.0. The summed E-state index contributed by atoms with van der Waals surface area (Å²) >= 11 is 0. The van der Waals surface area contributed by atoms with Crippen LogP contribution in [0.1, 0.15) is 17.5 Å². The highest BCUT2D eigenvalue weighted by molar-refractivity contribution is 6.03. The van der Waals surface area contributed by atoms with Crippen molar-refractivity contribution in [1.29, 1.82) is 10.5 Å². The first kappa shape index (κ1) is 22.6. The molecule has 2 N–H and O–H groups in total. The number of nitrogens with zero attached hydrogens (tertiary/aromatic N) is 6. The van der Waals surface area contributed by atoms with E-state index >= 15 is 0 Å². The molecule has 2 aromatic rings. The van der Waals surface area contributed by atoms with Gasteiger partial charge in [0.25, 0.3) is 0 Å². The smallest absolute Gasteiger partial charge is 0.248 e. The summed E-state index contributed by atoms with van der Waals surface area (Å²) in [5.74, 6) is -0.787. The minimum Gasteiger partial charge on any atom is -0.273 e. The van der Waals surface area contributed by atoms with E-state index in [1.165, 1.54) is 24.1 Å². The van der Waals surface area contributed by atoms with E-state index in [0.29, 0.717) is 11.1 Å². The molecule has 0 bridgehead atoms. The van der Waals surface area contributed by atoms with Gasteiger partial charge in [-0.2, -0.15) is 20.5 Å². The molecule has 0 aliphatic heterocycles. The van der Waals surface area contributed by atoms with E-state index in [0.717, 1.165) is 0 Å². The van der Waals surface area contributed by atoms with Gasteiger partial charge in [-0.15, -0.1) is 0 Å². The standard InChI is InChI=1S/C21H20N8O2/c1-28(20(24-14-22)16-9-5-3-6-10-16)26-18(30)13-19(31)27-29(2)21(25-15-23)17-11-7-4-8-12-17/h3-12H,13H2,1-2H3,(H,26,30)(H,27,31)/b24-20+,25-21+. The fraction of sp³-hybridized carbons (Fsp3) is 0.143. The molecular weight excluding hydrogens is 396 g/mol. The molecule has 0 radical (unpaired) electrons. The van der Waals surface area contributed by atoms with Gasteiger partial charge in [-0.1, -0.05) is 60.7 Å². The van der Waals surface area contributed by atoms with E-state index in [4.69, 9.17) is 10.5 Å². The van der Waals surface area contributed by atoms with E-state index < -0.39 is 18.2 Å². The second-order valence-corrected chi connectivity index (χ2v) is 6.17. The molecule has 2 aromatic carbocycles. The average molecular weight is 416 g/mol. The van der Waals surface area contributed by atoms with Crippen molar-refractivity contribution in [2.45, 2.75) is 6.42 Å². The first-order valence-electron chi connectivity index (χ1n) is 9.07. The Balaban J connectivity index is 1.99. The first-order valence-corrected chi connectivity index (χ1v) is 9.07. The number of aliphatic imine (C=N–C) groups is 2. The quantitative estimate of drug-likeness (QED) is 0.252. The predicted molar refractivity (Wildman–Crippen MR) is 114 cm³/mol. The van der Waals surface area contributed by atoms with Gasteiger partial charge >= 0.3 is 0 Å². The number of rotatable bonds is 4. The van der Waals surface area contributed by atoms with Gasteiger partial charge in [-0.25, -0.2) is 0 Å². The summed E-state index contributed by atoms with van der Waals surface area (Å²) in [7, 11) is 3.02. The minimum absolute atomic E-state index is 0.224. The van der Waals surface area contributed by atoms with E-state index in [1.807, 2.05) is 12.1 Å². The average Bonchev–Trinajstić information content (AvgIpc) is 2.76. The summed E-state index contributed by atoms with van der Waals surface area (Å²) < 4.78 is 0. The molecule has 0 aliphatic rings. The van der Waals surface area contributed by atoms with Crippen molar-refractivity contribution < 1.29 is 9.59 Å². The highest BCUT2D eigenvalue weighted by atomic mass is 16.2. The zero-order chi connectivity index (χ0) is 22.6. The summed E-state index contributed by atoms with van der Waals surface area (Å²) in [5.41, 5.74) is 6.25. The predicted octanol–water partition coefficient (Wildman–Crippen LogP) is 1.16. The van der Waals surface area contributed by atoms with Gasteiger partial charge in [0, 0.05) is 25.2 Å². The van der Waals surface area contributed by atoms with Crippen molar-refractivity contribution in [2.24, 2.45) is 9.98 Å². The molecule has 0 aromatic heterocycles. The molecule has 0 spiro atoms. The summed E-state index contributed by atoms with van der Waals surface area (Å²) in [6, 6.07) is 17.7. The zero-order valence-corrected chi connectivity index (χ0v) is 17.0. The van der Waals surface area contributed by atoms with E-state index in [1.54, 1.807) is 60.9 Å². The van der Waals surface area contributed by atoms with Crippen LogP contribution in [0.15, 0.2) is 70.6 Å². The molecule has 2 amide bonds. The first-order chi connectivity index (χ1) is 15.0. The molecule has 0 unspecified atom stereocenters. The number of carbonyl (C=O) groups excluding carboxylic acids is 2. The lowest BCUT2D eigenvalue weighted by atomic mass is 10.2. The Bertz CT molecular complexity index is 967. The Kier molecular flexibility index (Phi) is 8.26. The van der Waals surface area contributed by atoms with Crippen LogP contribution in [0.3, 0.4) is 0 Å². The van der Waals surface area contributed by atoms with Crippen LogP contribution in [0.25, 0.3) is 0 Å². The third-order valence-corrected chi connectivity index (χ3v) is 3.92. The van der Waals surface area contributed by atoms with Crippen molar-refractivity contribution in [3.05, 3.63) is 71.8 Å². The Hall–Kier alpha value is -4.70. The molecular formula is C21H20N8O2. The maximum atomic E-state index is 12.3. The van der Waals surface area contributed by atoms with Crippen LogP contribution in [0.2, 0.25) is 0 Å². The van der Waals surface area contributed by atoms with Crippen LogP contribution in [-0.2, 0) is 9.59 Å². The number of benzene rings is 2. The molecule has 0 heterocycles. The van der Waals surface area contributed by atoms with Gasteiger partial charge in [0.15, 0.2) is 11.7 Å². The lowest BCUT2D eigenvalue weighted by molar-refractivity contribution is -0.132. The number of carbonyl (C=O) groups is 2. The molecule has 10 nitrogen and oxygen atoms in total. The maximum Gasteiger partial charge on any atom is 0.248 e.